The molecule has 0 aliphatic heterocycles. The first kappa shape index (κ1) is 25.1. The molecule has 0 saturated heterocycles. The van der Waals surface area contributed by atoms with Crippen LogP contribution >= 0.6 is 12.2 Å². The molecule has 0 fully saturated rings. The average Bonchev–Trinajstić information content (AvgIpc) is 2.76. The van der Waals surface area contributed by atoms with Gasteiger partial charge in [0, 0.05) is 5.69 Å². The third-order valence-electron chi connectivity index (χ3n) is 5.02. The number of anilines is 2. The zero-order chi connectivity index (χ0) is 25.0. The van der Waals surface area contributed by atoms with Gasteiger partial charge in [-0.25, -0.2) is 8.78 Å². The second-order valence-corrected chi connectivity index (χ2v) is 7.91. The summed E-state index contributed by atoms with van der Waals surface area (Å²) in [5.74, 6) is -2.97. The maximum Gasteiger partial charge on any atom is 0.418 e. The summed E-state index contributed by atoms with van der Waals surface area (Å²) in [6.45, 7) is 3.56. The molecule has 0 saturated carbocycles. The van der Waals surface area contributed by atoms with Crippen molar-refractivity contribution in [2.24, 2.45) is 0 Å². The van der Waals surface area contributed by atoms with Gasteiger partial charge in [-0.3, -0.25) is 4.79 Å². The number of para-hydroxylation sites is 2. The molecule has 0 bridgehead atoms. The molecular weight excluding hydrogens is 473 g/mol. The third-order valence-corrected chi connectivity index (χ3v) is 5.24. The molecule has 3 aromatic rings. The largest absolute Gasteiger partial charge is 0.418 e. The van der Waals surface area contributed by atoms with E-state index in [9.17, 15) is 26.7 Å². The molecule has 178 valence electrons. The Balaban J connectivity index is 1.91. The van der Waals surface area contributed by atoms with Gasteiger partial charge in [0.25, 0.3) is 5.91 Å². The normalized spacial score (nSPS) is 12.1. The fourth-order valence-corrected chi connectivity index (χ4v) is 3.56. The number of benzene rings is 3. The first-order chi connectivity index (χ1) is 16.0. The molecule has 0 radical (unpaired) electrons. The van der Waals surface area contributed by atoms with Crippen molar-refractivity contribution < 1.29 is 26.7 Å². The minimum atomic E-state index is -4.64. The van der Waals surface area contributed by atoms with Crippen molar-refractivity contribution in [3.8, 4) is 0 Å². The van der Waals surface area contributed by atoms with E-state index in [2.05, 4.69) is 16.0 Å². The number of amides is 1. The van der Waals surface area contributed by atoms with Crippen LogP contribution in [0.4, 0.5) is 33.3 Å². The first-order valence-corrected chi connectivity index (χ1v) is 10.4. The monoisotopic (exact) mass is 493 g/mol. The molecule has 0 aromatic heterocycles. The van der Waals surface area contributed by atoms with E-state index in [1.165, 1.54) is 24.3 Å². The van der Waals surface area contributed by atoms with Crippen molar-refractivity contribution in [1.82, 2.24) is 5.32 Å². The molecule has 0 spiro atoms. The van der Waals surface area contributed by atoms with Gasteiger partial charge in [0.2, 0.25) is 0 Å². The number of thiocarbonyl (C=S) groups is 1. The van der Waals surface area contributed by atoms with Crippen LogP contribution in [0.15, 0.2) is 60.7 Å². The van der Waals surface area contributed by atoms with Gasteiger partial charge in [-0.1, -0.05) is 36.4 Å². The van der Waals surface area contributed by atoms with Crippen molar-refractivity contribution in [3.05, 3.63) is 94.6 Å². The van der Waals surface area contributed by atoms with E-state index in [4.69, 9.17) is 12.2 Å². The molecule has 1 unspecified atom stereocenters. The van der Waals surface area contributed by atoms with Crippen LogP contribution in [0, 0.1) is 25.5 Å². The summed E-state index contributed by atoms with van der Waals surface area (Å²) >= 11 is 5.15. The lowest BCUT2D eigenvalue weighted by molar-refractivity contribution is -0.137. The molecule has 10 heteroatoms. The number of rotatable bonds is 5. The van der Waals surface area contributed by atoms with E-state index in [0.717, 1.165) is 29.3 Å². The van der Waals surface area contributed by atoms with Crippen LogP contribution in [0.1, 0.15) is 28.3 Å². The van der Waals surface area contributed by atoms with E-state index < -0.39 is 35.3 Å². The van der Waals surface area contributed by atoms with Crippen LogP contribution in [-0.2, 0) is 11.0 Å². The predicted octanol–water partition coefficient (Wildman–Crippen LogP) is 6.27. The van der Waals surface area contributed by atoms with Crippen molar-refractivity contribution in [3.63, 3.8) is 0 Å². The topological polar surface area (TPSA) is 53.2 Å². The number of carbonyl (C=O) groups excluding carboxylic acids is 1. The molecule has 3 rings (SSSR count). The Morgan fingerprint density at radius 1 is 0.882 bits per heavy atom. The number of alkyl halides is 3. The Morgan fingerprint density at radius 3 is 2.15 bits per heavy atom. The second kappa shape index (κ2) is 10.2. The van der Waals surface area contributed by atoms with E-state index in [1.54, 1.807) is 26.0 Å². The molecule has 4 nitrogen and oxygen atoms in total. The summed E-state index contributed by atoms with van der Waals surface area (Å²) in [7, 11) is 0. The number of hydrogen-bond acceptors (Lipinski definition) is 2. The number of nitrogens with one attached hydrogen (secondary N) is 3. The van der Waals surface area contributed by atoms with Gasteiger partial charge in [0.15, 0.2) is 16.7 Å². The highest BCUT2D eigenvalue weighted by molar-refractivity contribution is 7.80. The Labute approximate surface area is 198 Å². The van der Waals surface area contributed by atoms with Gasteiger partial charge < -0.3 is 16.0 Å². The van der Waals surface area contributed by atoms with Gasteiger partial charge in [-0.05, 0) is 67.0 Å². The molecule has 0 aliphatic carbocycles. The van der Waals surface area contributed by atoms with Crippen LogP contribution in [0.25, 0.3) is 0 Å². The smallest absolute Gasteiger partial charge is 0.347 e. The minimum Gasteiger partial charge on any atom is -0.347 e. The lowest BCUT2D eigenvalue weighted by Crippen LogP contribution is -2.39. The van der Waals surface area contributed by atoms with E-state index in [-0.39, 0.29) is 16.4 Å². The number of carbonyl (C=O) groups is 1. The van der Waals surface area contributed by atoms with E-state index in [0.29, 0.717) is 5.69 Å². The van der Waals surface area contributed by atoms with Crippen molar-refractivity contribution in [2.45, 2.75) is 26.1 Å². The zero-order valence-corrected chi connectivity index (χ0v) is 18.9. The van der Waals surface area contributed by atoms with Crippen molar-refractivity contribution >= 4 is 34.6 Å². The maximum absolute atomic E-state index is 13.9. The average molecular weight is 494 g/mol. The molecule has 3 N–H and O–H groups in total. The first-order valence-electron chi connectivity index (χ1n) is 10.0. The fraction of sp³-hybridized carbons (Fsp3) is 0.167. The fourth-order valence-electron chi connectivity index (χ4n) is 3.33. The summed E-state index contributed by atoms with van der Waals surface area (Å²) in [5.41, 5.74) is 0.781. The van der Waals surface area contributed by atoms with Crippen LogP contribution in [0.2, 0.25) is 0 Å². The van der Waals surface area contributed by atoms with Gasteiger partial charge in [0.1, 0.15) is 6.04 Å². The lowest BCUT2D eigenvalue weighted by Gasteiger charge is -2.23. The van der Waals surface area contributed by atoms with E-state index in [1.807, 2.05) is 6.07 Å². The van der Waals surface area contributed by atoms with Crippen LogP contribution in [0.3, 0.4) is 0 Å². The molecule has 1 amide bonds. The zero-order valence-electron chi connectivity index (χ0n) is 18.1. The molecule has 3 aromatic carbocycles. The molecular formula is C24H20F5N3OS. The second-order valence-electron chi connectivity index (χ2n) is 7.50. The molecule has 1 atom stereocenters. The summed E-state index contributed by atoms with van der Waals surface area (Å²) in [5, 5.41) is 7.47. The predicted molar refractivity (Wildman–Crippen MR) is 124 cm³/mol. The highest BCUT2D eigenvalue weighted by Gasteiger charge is 2.33. The highest BCUT2D eigenvalue weighted by Crippen LogP contribution is 2.34. The van der Waals surface area contributed by atoms with Crippen molar-refractivity contribution in [1.29, 1.82) is 0 Å². The van der Waals surface area contributed by atoms with Crippen LogP contribution in [0.5, 0.6) is 0 Å². The maximum atomic E-state index is 13.9. The Kier molecular flexibility index (Phi) is 7.51. The van der Waals surface area contributed by atoms with Gasteiger partial charge in [0.05, 0.1) is 11.3 Å². The van der Waals surface area contributed by atoms with Crippen molar-refractivity contribution in [2.75, 3.05) is 10.6 Å². The SMILES string of the molecule is Cc1cccc(C)c1NC(=O)C(NC(=S)Nc1ccccc1C(F)(F)F)c1ccc(F)c(F)c1. The van der Waals surface area contributed by atoms with Gasteiger partial charge in [-0.15, -0.1) is 0 Å². The summed E-state index contributed by atoms with van der Waals surface area (Å²) in [4.78, 5) is 13.2. The summed E-state index contributed by atoms with van der Waals surface area (Å²) in [6.07, 6.45) is -4.64. The molecule has 0 heterocycles. The summed E-state index contributed by atoms with van der Waals surface area (Å²) < 4.78 is 67.3. The third kappa shape index (κ3) is 5.88. The van der Waals surface area contributed by atoms with Gasteiger partial charge >= 0.3 is 6.18 Å². The number of aryl methyl sites for hydroxylation is 2. The molecule has 0 aliphatic rings. The lowest BCUT2D eigenvalue weighted by atomic mass is 10.0. The quantitative estimate of drug-likeness (QED) is 0.290. The van der Waals surface area contributed by atoms with Gasteiger partial charge in [-0.2, -0.15) is 13.2 Å². The highest BCUT2D eigenvalue weighted by atomic mass is 32.1. The standard InChI is InChI=1S/C24H20F5N3OS/c1-13-6-5-7-14(2)20(13)31-22(33)21(15-10-11-17(25)18(26)12-15)32-23(34)30-19-9-4-3-8-16(19)24(27,28)29/h3-12,21H,1-2H3,(H,31,33)(H2,30,32,34). The van der Waals surface area contributed by atoms with Crippen LogP contribution < -0.4 is 16.0 Å². The molecule has 34 heavy (non-hydrogen) atoms. The number of halogens is 5. The Morgan fingerprint density at radius 2 is 1.53 bits per heavy atom. The van der Waals surface area contributed by atoms with E-state index >= 15 is 0 Å². The Hall–Kier alpha value is -3.53. The van der Waals surface area contributed by atoms with Crippen LogP contribution in [-0.4, -0.2) is 11.0 Å². The minimum absolute atomic E-state index is 0.0240. The Bertz CT molecular complexity index is 1210. The summed E-state index contributed by atoms with van der Waals surface area (Å²) in [6, 6.07) is 11.6. The number of hydrogen-bond donors (Lipinski definition) is 3.